The molecule has 0 saturated heterocycles. The number of carboxylic acids is 1. The highest BCUT2D eigenvalue weighted by atomic mass is 79.9. The van der Waals surface area contributed by atoms with Gasteiger partial charge in [-0.15, -0.1) is 0 Å². The zero-order valence-corrected chi connectivity index (χ0v) is 12.2. The van der Waals surface area contributed by atoms with Gasteiger partial charge in [0.15, 0.2) is 0 Å². The topological polar surface area (TPSA) is 78.4 Å². The first-order valence-corrected chi connectivity index (χ1v) is 6.88. The minimum atomic E-state index is -1.02. The van der Waals surface area contributed by atoms with Gasteiger partial charge in [0.1, 0.15) is 6.04 Å². The van der Waals surface area contributed by atoms with Crippen molar-refractivity contribution in [3.05, 3.63) is 28.7 Å². The molecule has 19 heavy (non-hydrogen) atoms. The Kier molecular flexibility index (Phi) is 6.35. The lowest BCUT2D eigenvalue weighted by atomic mass is 10.1. The summed E-state index contributed by atoms with van der Waals surface area (Å²) >= 11 is 3.30. The fourth-order valence-corrected chi connectivity index (χ4v) is 1.93. The SMILES string of the molecule is CCCCC(NC(=O)Nc1ccccc1Br)C(=O)O. The summed E-state index contributed by atoms with van der Waals surface area (Å²) in [4.78, 5) is 22.7. The molecule has 0 bridgehead atoms. The summed E-state index contributed by atoms with van der Waals surface area (Å²) < 4.78 is 0.741. The van der Waals surface area contributed by atoms with Crippen LogP contribution in [0.4, 0.5) is 10.5 Å². The molecule has 1 rings (SSSR count). The molecular formula is C13H17BrN2O3. The van der Waals surface area contributed by atoms with Gasteiger partial charge < -0.3 is 15.7 Å². The van der Waals surface area contributed by atoms with Crippen molar-refractivity contribution in [2.75, 3.05) is 5.32 Å². The van der Waals surface area contributed by atoms with Crippen LogP contribution in [-0.4, -0.2) is 23.1 Å². The highest BCUT2D eigenvalue weighted by Crippen LogP contribution is 2.20. The third-order valence-electron chi connectivity index (χ3n) is 2.57. The van der Waals surface area contributed by atoms with Crippen molar-refractivity contribution in [2.24, 2.45) is 0 Å². The number of halogens is 1. The predicted octanol–water partition coefficient (Wildman–Crippen LogP) is 3.21. The largest absolute Gasteiger partial charge is 0.480 e. The third-order valence-corrected chi connectivity index (χ3v) is 3.26. The monoisotopic (exact) mass is 328 g/mol. The van der Waals surface area contributed by atoms with Crippen LogP contribution in [0.5, 0.6) is 0 Å². The molecule has 0 saturated carbocycles. The highest BCUT2D eigenvalue weighted by molar-refractivity contribution is 9.10. The number of anilines is 1. The third kappa shape index (κ3) is 5.30. The van der Waals surface area contributed by atoms with Crippen LogP contribution in [0, 0.1) is 0 Å². The second kappa shape index (κ2) is 7.78. The average Bonchev–Trinajstić information content (AvgIpc) is 2.37. The van der Waals surface area contributed by atoms with Crippen molar-refractivity contribution >= 4 is 33.6 Å². The molecule has 6 heteroatoms. The van der Waals surface area contributed by atoms with E-state index in [1.165, 1.54) is 0 Å². The lowest BCUT2D eigenvalue weighted by Gasteiger charge is -2.15. The van der Waals surface area contributed by atoms with Crippen molar-refractivity contribution in [3.8, 4) is 0 Å². The van der Waals surface area contributed by atoms with E-state index in [4.69, 9.17) is 5.11 Å². The number of carboxylic acid groups (broad SMARTS) is 1. The number of urea groups is 1. The number of unbranched alkanes of at least 4 members (excludes halogenated alkanes) is 1. The van der Waals surface area contributed by atoms with Crippen LogP contribution in [0.15, 0.2) is 28.7 Å². The first-order chi connectivity index (χ1) is 9.04. The standard InChI is InChI=1S/C13H17BrN2O3/c1-2-3-7-11(12(17)18)16-13(19)15-10-8-5-4-6-9(10)14/h4-6,8,11H,2-3,7H2,1H3,(H,17,18)(H2,15,16,19). The van der Waals surface area contributed by atoms with Gasteiger partial charge >= 0.3 is 12.0 Å². The van der Waals surface area contributed by atoms with Crippen LogP contribution in [0.25, 0.3) is 0 Å². The molecule has 0 aliphatic heterocycles. The summed E-state index contributed by atoms with van der Waals surface area (Å²) in [6, 6.07) is 5.76. The molecule has 0 aliphatic carbocycles. The van der Waals surface area contributed by atoms with Crippen molar-refractivity contribution in [1.29, 1.82) is 0 Å². The second-order valence-electron chi connectivity index (χ2n) is 4.11. The van der Waals surface area contributed by atoms with Crippen LogP contribution >= 0.6 is 15.9 Å². The van der Waals surface area contributed by atoms with Gasteiger partial charge in [0, 0.05) is 4.47 Å². The summed E-state index contributed by atoms with van der Waals surface area (Å²) in [6.45, 7) is 1.97. The molecular weight excluding hydrogens is 312 g/mol. The second-order valence-corrected chi connectivity index (χ2v) is 4.97. The first kappa shape index (κ1) is 15.5. The van der Waals surface area contributed by atoms with Crippen LogP contribution in [0.2, 0.25) is 0 Å². The van der Waals surface area contributed by atoms with Crippen molar-refractivity contribution in [3.63, 3.8) is 0 Å². The smallest absolute Gasteiger partial charge is 0.326 e. The van der Waals surface area contributed by atoms with Gasteiger partial charge in [0.05, 0.1) is 5.69 Å². The normalized spacial score (nSPS) is 11.7. The van der Waals surface area contributed by atoms with Gasteiger partial charge in [-0.1, -0.05) is 31.9 Å². The number of carbonyl (C=O) groups excluding carboxylic acids is 1. The van der Waals surface area contributed by atoms with Gasteiger partial charge in [-0.25, -0.2) is 9.59 Å². The van der Waals surface area contributed by atoms with Crippen molar-refractivity contribution in [1.82, 2.24) is 5.32 Å². The minimum Gasteiger partial charge on any atom is -0.480 e. The molecule has 5 nitrogen and oxygen atoms in total. The van der Waals surface area contributed by atoms with Crippen LogP contribution in [-0.2, 0) is 4.79 Å². The van der Waals surface area contributed by atoms with E-state index < -0.39 is 18.0 Å². The lowest BCUT2D eigenvalue weighted by Crippen LogP contribution is -2.43. The Hall–Kier alpha value is -1.56. The van der Waals surface area contributed by atoms with E-state index in [1.807, 2.05) is 13.0 Å². The molecule has 0 fully saturated rings. The number of carbonyl (C=O) groups is 2. The van der Waals surface area contributed by atoms with E-state index in [1.54, 1.807) is 18.2 Å². The zero-order chi connectivity index (χ0) is 14.3. The van der Waals surface area contributed by atoms with E-state index in [2.05, 4.69) is 26.6 Å². The summed E-state index contributed by atoms with van der Waals surface area (Å²) in [5.74, 6) is -1.02. The first-order valence-electron chi connectivity index (χ1n) is 6.09. The van der Waals surface area contributed by atoms with E-state index in [9.17, 15) is 9.59 Å². The number of benzene rings is 1. The van der Waals surface area contributed by atoms with Crippen LogP contribution in [0.3, 0.4) is 0 Å². The molecule has 2 amide bonds. The molecule has 0 heterocycles. The Bertz CT molecular complexity index is 451. The number of para-hydroxylation sites is 1. The number of nitrogens with one attached hydrogen (secondary N) is 2. The maximum atomic E-state index is 11.7. The molecule has 0 spiro atoms. The van der Waals surface area contributed by atoms with Gasteiger partial charge in [0.2, 0.25) is 0 Å². The summed E-state index contributed by atoms with van der Waals surface area (Å²) in [7, 11) is 0. The Labute approximate surface area is 120 Å². The summed E-state index contributed by atoms with van der Waals surface area (Å²) in [5.41, 5.74) is 0.597. The number of hydrogen-bond acceptors (Lipinski definition) is 2. The van der Waals surface area contributed by atoms with Gasteiger partial charge in [-0.05, 0) is 34.5 Å². The highest BCUT2D eigenvalue weighted by Gasteiger charge is 2.19. The molecule has 0 aromatic heterocycles. The van der Waals surface area contributed by atoms with Gasteiger partial charge in [0.25, 0.3) is 0 Å². The molecule has 1 aromatic rings. The molecule has 0 radical (unpaired) electrons. The Morgan fingerprint density at radius 3 is 2.63 bits per heavy atom. The van der Waals surface area contributed by atoms with E-state index in [-0.39, 0.29) is 0 Å². The number of hydrogen-bond donors (Lipinski definition) is 3. The number of rotatable bonds is 6. The predicted molar refractivity (Wildman–Crippen MR) is 77.2 cm³/mol. The summed E-state index contributed by atoms with van der Waals surface area (Å²) in [5, 5.41) is 14.1. The Morgan fingerprint density at radius 2 is 2.05 bits per heavy atom. The molecule has 1 atom stereocenters. The average molecular weight is 329 g/mol. The van der Waals surface area contributed by atoms with Crippen molar-refractivity contribution in [2.45, 2.75) is 32.2 Å². The van der Waals surface area contributed by atoms with Crippen molar-refractivity contribution < 1.29 is 14.7 Å². The van der Waals surface area contributed by atoms with Gasteiger partial charge in [-0.2, -0.15) is 0 Å². The maximum Gasteiger partial charge on any atom is 0.326 e. The van der Waals surface area contributed by atoms with E-state index in [0.717, 1.165) is 17.3 Å². The van der Waals surface area contributed by atoms with Crippen LogP contribution < -0.4 is 10.6 Å². The fourth-order valence-electron chi connectivity index (χ4n) is 1.54. The Morgan fingerprint density at radius 1 is 1.37 bits per heavy atom. The molecule has 104 valence electrons. The quantitative estimate of drug-likeness (QED) is 0.750. The molecule has 1 aromatic carbocycles. The molecule has 0 aliphatic rings. The van der Waals surface area contributed by atoms with E-state index in [0.29, 0.717) is 12.1 Å². The lowest BCUT2D eigenvalue weighted by molar-refractivity contribution is -0.139. The van der Waals surface area contributed by atoms with Crippen LogP contribution in [0.1, 0.15) is 26.2 Å². The maximum absolute atomic E-state index is 11.7. The van der Waals surface area contributed by atoms with E-state index >= 15 is 0 Å². The molecule has 1 unspecified atom stereocenters. The molecule has 3 N–H and O–H groups in total. The summed E-state index contributed by atoms with van der Waals surface area (Å²) in [6.07, 6.45) is 2.07. The minimum absolute atomic E-state index is 0.426. The fraction of sp³-hybridized carbons (Fsp3) is 0.385. The zero-order valence-electron chi connectivity index (χ0n) is 10.6. The Balaban J connectivity index is 2.58. The number of aliphatic carboxylic acids is 1. The van der Waals surface area contributed by atoms with Gasteiger partial charge in [-0.3, -0.25) is 0 Å². The number of amides is 2.